The van der Waals surface area contributed by atoms with Crippen molar-refractivity contribution >= 4 is 11.1 Å². The van der Waals surface area contributed by atoms with Crippen LogP contribution in [0.3, 0.4) is 0 Å². The summed E-state index contributed by atoms with van der Waals surface area (Å²) >= 11 is 0. The molecule has 0 saturated carbocycles. The maximum Gasteiger partial charge on any atom is 0.353 e. The summed E-state index contributed by atoms with van der Waals surface area (Å²) in [6.07, 6.45) is 3.60. The van der Waals surface area contributed by atoms with Gasteiger partial charge in [-0.1, -0.05) is 6.92 Å². The van der Waals surface area contributed by atoms with E-state index in [1.54, 1.807) is 18.3 Å². The number of fused-ring (bicyclic) bond motifs is 1. The third-order valence-corrected chi connectivity index (χ3v) is 3.78. The molecule has 1 fully saturated rings. The van der Waals surface area contributed by atoms with Crippen LogP contribution in [0.4, 0.5) is 0 Å². The van der Waals surface area contributed by atoms with E-state index >= 15 is 0 Å². The van der Waals surface area contributed by atoms with E-state index in [4.69, 9.17) is 9.25 Å². The quantitative estimate of drug-likeness (QED) is 0.908. The molecule has 21 heavy (non-hydrogen) atoms. The van der Waals surface area contributed by atoms with E-state index in [2.05, 4.69) is 11.9 Å². The second-order valence-electron chi connectivity index (χ2n) is 5.33. The lowest BCUT2D eigenvalue weighted by molar-refractivity contribution is -0.170. The van der Waals surface area contributed by atoms with Crippen LogP contribution in [0.5, 0.6) is 0 Å². The molecule has 1 saturated heterocycles. The highest BCUT2D eigenvalue weighted by Gasteiger charge is 2.32. The molecule has 0 radical (unpaired) electrons. The number of likely N-dealkylation sites (N-methyl/N-ethyl adjacent to an activating group) is 1. The topological polar surface area (TPSA) is 80.7 Å². The summed E-state index contributed by atoms with van der Waals surface area (Å²) in [6.45, 7) is 2.06. The highest BCUT2D eigenvalue weighted by molar-refractivity contribution is 5.72. The number of nitrogens with zero attached hydrogens (tertiary/aromatic N) is 3. The van der Waals surface area contributed by atoms with Crippen molar-refractivity contribution < 1.29 is 14.4 Å². The van der Waals surface area contributed by atoms with E-state index < -0.39 is 11.9 Å². The Morgan fingerprint density at radius 2 is 2.33 bits per heavy atom. The Morgan fingerprint density at radius 3 is 3.00 bits per heavy atom. The number of hydroxylamine groups is 2. The van der Waals surface area contributed by atoms with E-state index in [0.717, 1.165) is 24.0 Å². The molecule has 0 amide bonds. The SMILES string of the molecule is CCCc1cc2cn(C3CC(CO)N(C)O3)c(=O)nc2o1. The normalized spacial score (nSPS) is 23.2. The van der Waals surface area contributed by atoms with Crippen LogP contribution in [-0.4, -0.2) is 39.4 Å². The average molecular weight is 293 g/mol. The molecule has 3 heterocycles. The summed E-state index contributed by atoms with van der Waals surface area (Å²) in [6, 6.07) is 1.79. The number of aryl methyl sites for hydroxylation is 1. The van der Waals surface area contributed by atoms with Crippen LogP contribution in [-0.2, 0) is 11.3 Å². The van der Waals surface area contributed by atoms with Crippen molar-refractivity contribution in [2.75, 3.05) is 13.7 Å². The minimum atomic E-state index is -0.443. The molecule has 2 aromatic heterocycles. The van der Waals surface area contributed by atoms with Crippen molar-refractivity contribution in [1.29, 1.82) is 0 Å². The van der Waals surface area contributed by atoms with E-state index in [0.29, 0.717) is 12.1 Å². The molecule has 0 aliphatic carbocycles. The van der Waals surface area contributed by atoms with E-state index in [-0.39, 0.29) is 12.6 Å². The van der Waals surface area contributed by atoms with Gasteiger partial charge in [-0.25, -0.2) is 4.79 Å². The maximum atomic E-state index is 12.1. The lowest BCUT2D eigenvalue weighted by Gasteiger charge is -2.14. The van der Waals surface area contributed by atoms with Gasteiger partial charge in [0, 0.05) is 26.1 Å². The molecule has 7 nitrogen and oxygen atoms in total. The number of furan rings is 1. The van der Waals surface area contributed by atoms with Crippen LogP contribution in [0, 0.1) is 0 Å². The van der Waals surface area contributed by atoms with Crippen LogP contribution in [0.1, 0.15) is 31.8 Å². The van der Waals surface area contributed by atoms with Gasteiger partial charge >= 0.3 is 5.69 Å². The summed E-state index contributed by atoms with van der Waals surface area (Å²) in [7, 11) is 1.75. The molecule has 2 aromatic rings. The van der Waals surface area contributed by atoms with Crippen LogP contribution >= 0.6 is 0 Å². The number of hydrogen-bond donors (Lipinski definition) is 1. The van der Waals surface area contributed by atoms with Crippen molar-refractivity contribution in [3.63, 3.8) is 0 Å². The van der Waals surface area contributed by atoms with Crippen molar-refractivity contribution in [3.05, 3.63) is 28.5 Å². The van der Waals surface area contributed by atoms with Gasteiger partial charge in [-0.3, -0.25) is 9.40 Å². The molecule has 1 aliphatic rings. The van der Waals surface area contributed by atoms with Crippen molar-refractivity contribution in [3.8, 4) is 0 Å². The van der Waals surface area contributed by atoms with Gasteiger partial charge in [0.2, 0.25) is 5.71 Å². The number of rotatable bonds is 4. The Kier molecular flexibility index (Phi) is 3.79. The minimum absolute atomic E-state index is 0.0101. The first-order chi connectivity index (χ1) is 10.1. The summed E-state index contributed by atoms with van der Waals surface area (Å²) in [4.78, 5) is 21.7. The number of aliphatic hydroxyl groups excluding tert-OH is 1. The third-order valence-electron chi connectivity index (χ3n) is 3.78. The third kappa shape index (κ3) is 2.59. The van der Waals surface area contributed by atoms with Crippen LogP contribution in [0.15, 0.2) is 21.5 Å². The molecule has 7 heteroatoms. The van der Waals surface area contributed by atoms with Crippen molar-refractivity contribution in [2.45, 2.75) is 38.5 Å². The van der Waals surface area contributed by atoms with Crippen LogP contribution in [0.25, 0.3) is 11.1 Å². The molecular weight excluding hydrogens is 274 g/mol. The second-order valence-corrected chi connectivity index (χ2v) is 5.33. The van der Waals surface area contributed by atoms with E-state index in [1.165, 1.54) is 4.57 Å². The first-order valence-corrected chi connectivity index (χ1v) is 7.14. The van der Waals surface area contributed by atoms with Gasteiger partial charge in [0.05, 0.1) is 18.0 Å². The molecule has 3 rings (SSSR count). The van der Waals surface area contributed by atoms with Crippen LogP contribution in [0.2, 0.25) is 0 Å². The molecule has 114 valence electrons. The van der Waals surface area contributed by atoms with Gasteiger partial charge in [-0.15, -0.1) is 0 Å². The fourth-order valence-electron chi connectivity index (χ4n) is 2.61. The Hall–Kier alpha value is -1.70. The molecular formula is C14H19N3O4. The summed E-state index contributed by atoms with van der Waals surface area (Å²) in [5.74, 6) is 0.829. The average Bonchev–Trinajstić information content (AvgIpc) is 3.00. The van der Waals surface area contributed by atoms with Crippen molar-refractivity contribution in [1.82, 2.24) is 14.6 Å². The monoisotopic (exact) mass is 293 g/mol. The summed E-state index contributed by atoms with van der Waals surface area (Å²) < 4.78 is 7.01. The highest BCUT2D eigenvalue weighted by Crippen LogP contribution is 2.27. The largest absolute Gasteiger partial charge is 0.443 e. The predicted octanol–water partition coefficient (Wildman–Crippen LogP) is 1.07. The molecule has 1 N–H and O–H groups in total. The Balaban J connectivity index is 1.95. The Labute approximate surface area is 121 Å². The van der Waals surface area contributed by atoms with E-state index in [9.17, 15) is 9.90 Å². The Bertz CT molecular complexity index is 693. The van der Waals surface area contributed by atoms with Gasteiger partial charge in [0.25, 0.3) is 0 Å². The number of aliphatic hydroxyl groups is 1. The first kappa shape index (κ1) is 14.2. The predicted molar refractivity (Wildman–Crippen MR) is 75.6 cm³/mol. The molecule has 2 atom stereocenters. The fourth-order valence-corrected chi connectivity index (χ4v) is 2.61. The van der Waals surface area contributed by atoms with Gasteiger partial charge in [-0.2, -0.15) is 10.0 Å². The van der Waals surface area contributed by atoms with Gasteiger partial charge in [0.15, 0.2) is 6.23 Å². The summed E-state index contributed by atoms with van der Waals surface area (Å²) in [5, 5.41) is 11.6. The number of hydrogen-bond acceptors (Lipinski definition) is 6. The molecule has 2 unspecified atom stereocenters. The van der Waals surface area contributed by atoms with E-state index in [1.807, 2.05) is 6.07 Å². The second kappa shape index (κ2) is 5.59. The molecule has 0 spiro atoms. The standard InChI is InChI=1S/C14H19N3O4/c1-3-4-11-5-9-7-17(14(19)15-13(9)20-11)12-6-10(8-18)16(2)21-12/h5,7,10,12,18H,3-4,6,8H2,1-2H3. The first-order valence-electron chi connectivity index (χ1n) is 7.14. The molecule has 0 aromatic carbocycles. The lowest BCUT2D eigenvalue weighted by atomic mass is 10.2. The zero-order chi connectivity index (χ0) is 15.0. The summed E-state index contributed by atoms with van der Waals surface area (Å²) in [5.41, 5.74) is -0.0401. The van der Waals surface area contributed by atoms with Gasteiger partial charge < -0.3 is 9.52 Å². The van der Waals surface area contributed by atoms with Crippen molar-refractivity contribution in [2.24, 2.45) is 0 Å². The van der Waals surface area contributed by atoms with Crippen LogP contribution < -0.4 is 5.69 Å². The van der Waals surface area contributed by atoms with Gasteiger partial charge in [-0.05, 0) is 12.5 Å². The molecule has 1 aliphatic heterocycles. The minimum Gasteiger partial charge on any atom is -0.443 e. The zero-order valence-electron chi connectivity index (χ0n) is 12.2. The highest BCUT2D eigenvalue weighted by atomic mass is 16.7. The fraction of sp³-hybridized carbons (Fsp3) is 0.571. The zero-order valence-corrected chi connectivity index (χ0v) is 12.2. The lowest BCUT2D eigenvalue weighted by Crippen LogP contribution is -2.27. The smallest absolute Gasteiger partial charge is 0.353 e. The van der Waals surface area contributed by atoms with Gasteiger partial charge in [0.1, 0.15) is 5.76 Å². The number of aromatic nitrogens is 2. The maximum absolute atomic E-state index is 12.1. The Morgan fingerprint density at radius 1 is 1.52 bits per heavy atom. The molecule has 0 bridgehead atoms.